The first kappa shape index (κ1) is 24.6. The summed E-state index contributed by atoms with van der Waals surface area (Å²) in [5.41, 5.74) is -0.705. The Bertz CT molecular complexity index is 942. The standard InChI is InChI=1S/C24H38N6O4/c1-23(2,3)19(30-14-17(26-27-30)15-8-9-15)21(33)29-13-16(31)12-18(29)20(32)25-24(4,5)22(34)28-10-6-7-11-28/h14-16,18-19,31H,6-13H2,1-5H3,(H,25,32)/t16?,18?,19-/m1/s1. The van der Waals surface area contributed by atoms with Crippen LogP contribution in [0.1, 0.15) is 84.4 Å². The van der Waals surface area contributed by atoms with Crippen molar-refractivity contribution in [1.29, 1.82) is 0 Å². The van der Waals surface area contributed by atoms with Crippen molar-refractivity contribution in [3.05, 3.63) is 11.9 Å². The molecule has 3 heterocycles. The van der Waals surface area contributed by atoms with Crippen LogP contribution in [0.5, 0.6) is 0 Å². The van der Waals surface area contributed by atoms with Crippen LogP contribution in [-0.4, -0.2) is 84.9 Å². The average molecular weight is 475 g/mol. The maximum Gasteiger partial charge on any atom is 0.248 e. The average Bonchev–Trinajstić information content (AvgIpc) is 3.14. The summed E-state index contributed by atoms with van der Waals surface area (Å²) in [5.74, 6) is -0.419. The first-order valence-corrected chi connectivity index (χ1v) is 12.4. The number of aromatic nitrogens is 3. The third kappa shape index (κ3) is 4.96. The van der Waals surface area contributed by atoms with E-state index < -0.39 is 35.0 Å². The molecule has 1 aromatic heterocycles. The van der Waals surface area contributed by atoms with Gasteiger partial charge in [0.1, 0.15) is 17.6 Å². The molecule has 3 atom stereocenters. The van der Waals surface area contributed by atoms with Gasteiger partial charge < -0.3 is 20.2 Å². The normalized spacial score (nSPS) is 24.4. The van der Waals surface area contributed by atoms with Gasteiger partial charge in [-0.25, -0.2) is 4.68 Å². The van der Waals surface area contributed by atoms with Gasteiger partial charge in [-0.05, 0) is 44.9 Å². The van der Waals surface area contributed by atoms with E-state index >= 15 is 0 Å². The van der Waals surface area contributed by atoms with Crippen LogP contribution < -0.4 is 5.32 Å². The number of carbonyl (C=O) groups is 3. The van der Waals surface area contributed by atoms with E-state index in [1.807, 2.05) is 27.0 Å². The Morgan fingerprint density at radius 2 is 1.76 bits per heavy atom. The lowest BCUT2D eigenvalue weighted by atomic mass is 9.85. The summed E-state index contributed by atoms with van der Waals surface area (Å²) in [6.07, 6.45) is 5.25. The molecule has 2 N–H and O–H groups in total. The van der Waals surface area contributed by atoms with E-state index in [1.54, 1.807) is 23.4 Å². The molecule has 0 bridgehead atoms. The molecular formula is C24H38N6O4. The highest BCUT2D eigenvalue weighted by Crippen LogP contribution is 2.40. The topological polar surface area (TPSA) is 121 Å². The minimum absolute atomic E-state index is 0.0637. The van der Waals surface area contributed by atoms with Crippen LogP contribution in [-0.2, 0) is 14.4 Å². The molecule has 2 saturated heterocycles. The van der Waals surface area contributed by atoms with Gasteiger partial charge in [-0.3, -0.25) is 14.4 Å². The lowest BCUT2D eigenvalue weighted by Crippen LogP contribution is -2.59. The molecule has 1 aliphatic carbocycles. The summed E-state index contributed by atoms with van der Waals surface area (Å²) in [5, 5.41) is 21.8. The third-order valence-electron chi connectivity index (χ3n) is 7.07. The number of nitrogens with one attached hydrogen (secondary N) is 1. The van der Waals surface area contributed by atoms with Crippen LogP contribution >= 0.6 is 0 Å². The monoisotopic (exact) mass is 474 g/mol. The maximum atomic E-state index is 13.8. The number of amides is 3. The van der Waals surface area contributed by atoms with Gasteiger partial charge >= 0.3 is 0 Å². The molecule has 0 aromatic carbocycles. The molecule has 1 aromatic rings. The summed E-state index contributed by atoms with van der Waals surface area (Å²) in [6, 6.07) is -1.53. The van der Waals surface area contributed by atoms with Gasteiger partial charge in [-0.2, -0.15) is 0 Å². The van der Waals surface area contributed by atoms with E-state index in [1.165, 1.54) is 4.90 Å². The minimum atomic E-state index is -1.10. The highest BCUT2D eigenvalue weighted by molar-refractivity contribution is 5.95. The van der Waals surface area contributed by atoms with Crippen molar-refractivity contribution in [1.82, 2.24) is 30.1 Å². The zero-order chi connectivity index (χ0) is 24.8. The molecule has 1 saturated carbocycles. The van der Waals surface area contributed by atoms with Gasteiger partial charge in [0.05, 0.1) is 11.8 Å². The maximum absolute atomic E-state index is 13.8. The molecule has 3 aliphatic rings. The molecular weight excluding hydrogens is 436 g/mol. The highest BCUT2D eigenvalue weighted by Gasteiger charge is 2.47. The van der Waals surface area contributed by atoms with Crippen LogP contribution in [0.15, 0.2) is 6.20 Å². The number of hydrogen-bond donors (Lipinski definition) is 2. The van der Waals surface area contributed by atoms with Gasteiger partial charge in [-0.1, -0.05) is 26.0 Å². The molecule has 0 radical (unpaired) electrons. The van der Waals surface area contributed by atoms with Crippen LogP contribution in [0.25, 0.3) is 0 Å². The Balaban J connectivity index is 1.53. The quantitative estimate of drug-likeness (QED) is 0.640. The smallest absolute Gasteiger partial charge is 0.248 e. The number of aliphatic hydroxyl groups is 1. The van der Waals surface area contributed by atoms with E-state index in [0.717, 1.165) is 31.4 Å². The second kappa shape index (κ2) is 8.94. The van der Waals surface area contributed by atoms with Crippen LogP contribution in [0.2, 0.25) is 0 Å². The van der Waals surface area contributed by atoms with E-state index in [0.29, 0.717) is 19.0 Å². The fourth-order valence-corrected chi connectivity index (χ4v) is 5.09. The van der Waals surface area contributed by atoms with Gasteiger partial charge in [0.25, 0.3) is 0 Å². The third-order valence-corrected chi connectivity index (χ3v) is 7.07. The first-order chi connectivity index (χ1) is 15.9. The molecule has 188 valence electrons. The number of rotatable bonds is 6. The largest absolute Gasteiger partial charge is 0.391 e. The summed E-state index contributed by atoms with van der Waals surface area (Å²) in [7, 11) is 0. The molecule has 3 fully saturated rings. The summed E-state index contributed by atoms with van der Waals surface area (Å²) < 4.78 is 1.61. The zero-order valence-corrected chi connectivity index (χ0v) is 21.0. The summed E-state index contributed by atoms with van der Waals surface area (Å²) in [6.45, 7) is 10.7. The summed E-state index contributed by atoms with van der Waals surface area (Å²) in [4.78, 5) is 43.3. The van der Waals surface area contributed by atoms with Gasteiger partial charge in [0.15, 0.2) is 0 Å². The van der Waals surface area contributed by atoms with E-state index in [4.69, 9.17) is 0 Å². The second-order valence-electron chi connectivity index (χ2n) is 11.7. The van der Waals surface area contributed by atoms with Crippen molar-refractivity contribution in [3.63, 3.8) is 0 Å². The molecule has 3 amide bonds. The number of hydrogen-bond acceptors (Lipinski definition) is 6. The number of likely N-dealkylation sites (tertiary alicyclic amines) is 2. The predicted octanol–water partition coefficient (Wildman–Crippen LogP) is 1.22. The lowest BCUT2D eigenvalue weighted by Gasteiger charge is -2.36. The number of β-amino-alcohol motifs (C(OH)–C–C–N with tert-alkyl or cyclic N) is 1. The van der Waals surface area contributed by atoms with Gasteiger partial charge in [-0.15, -0.1) is 5.10 Å². The van der Waals surface area contributed by atoms with Crippen LogP contribution in [0.3, 0.4) is 0 Å². The molecule has 0 spiro atoms. The van der Waals surface area contributed by atoms with Gasteiger partial charge in [0.2, 0.25) is 17.7 Å². The molecule has 34 heavy (non-hydrogen) atoms. The van der Waals surface area contributed by atoms with Crippen molar-refractivity contribution in [2.75, 3.05) is 19.6 Å². The highest BCUT2D eigenvalue weighted by atomic mass is 16.3. The molecule has 10 nitrogen and oxygen atoms in total. The number of aliphatic hydroxyl groups excluding tert-OH is 1. The van der Waals surface area contributed by atoms with Crippen LogP contribution in [0, 0.1) is 5.41 Å². The van der Waals surface area contributed by atoms with Crippen molar-refractivity contribution >= 4 is 17.7 Å². The first-order valence-electron chi connectivity index (χ1n) is 12.4. The number of carbonyl (C=O) groups excluding carboxylic acids is 3. The Morgan fingerprint density at radius 3 is 2.35 bits per heavy atom. The molecule has 4 rings (SSSR count). The SMILES string of the molecule is CC(C)(NC(=O)C1CC(O)CN1C(=O)[C@@H](n1cc(C2CC2)nn1)C(C)(C)C)C(=O)N1CCCC1. The fraction of sp³-hybridized carbons (Fsp3) is 0.792. The summed E-state index contributed by atoms with van der Waals surface area (Å²) >= 11 is 0. The van der Waals surface area contributed by atoms with E-state index in [9.17, 15) is 19.5 Å². The predicted molar refractivity (Wildman–Crippen MR) is 125 cm³/mol. The zero-order valence-electron chi connectivity index (χ0n) is 21.0. The Hall–Kier alpha value is -2.49. The molecule has 2 aliphatic heterocycles. The Kier molecular flexibility index (Phi) is 6.48. The van der Waals surface area contributed by atoms with Gasteiger partial charge in [0, 0.05) is 38.2 Å². The number of nitrogens with zero attached hydrogens (tertiary/aromatic N) is 5. The molecule has 10 heteroatoms. The fourth-order valence-electron chi connectivity index (χ4n) is 5.09. The van der Waals surface area contributed by atoms with E-state index in [2.05, 4.69) is 15.6 Å². The Morgan fingerprint density at radius 1 is 1.12 bits per heavy atom. The van der Waals surface area contributed by atoms with Crippen molar-refractivity contribution in [2.24, 2.45) is 5.41 Å². The van der Waals surface area contributed by atoms with Crippen molar-refractivity contribution < 1.29 is 19.5 Å². The van der Waals surface area contributed by atoms with E-state index in [-0.39, 0.29) is 24.8 Å². The second-order valence-corrected chi connectivity index (χ2v) is 11.7. The van der Waals surface area contributed by atoms with Crippen molar-refractivity contribution in [2.45, 2.75) is 96.4 Å². The van der Waals surface area contributed by atoms with Crippen LogP contribution in [0.4, 0.5) is 0 Å². The molecule has 2 unspecified atom stereocenters. The minimum Gasteiger partial charge on any atom is -0.391 e. The lowest BCUT2D eigenvalue weighted by molar-refractivity contribution is -0.146. The Labute approximate surface area is 201 Å². The van der Waals surface area contributed by atoms with Crippen molar-refractivity contribution in [3.8, 4) is 0 Å².